The van der Waals surface area contributed by atoms with Crippen molar-refractivity contribution in [1.82, 2.24) is 19.9 Å². The van der Waals surface area contributed by atoms with Crippen LogP contribution in [-0.4, -0.2) is 27.0 Å². The van der Waals surface area contributed by atoms with E-state index in [4.69, 9.17) is 0 Å². The van der Waals surface area contributed by atoms with Crippen molar-refractivity contribution in [3.63, 3.8) is 0 Å². The summed E-state index contributed by atoms with van der Waals surface area (Å²) in [6.45, 7) is 2.69. The second-order valence-electron chi connectivity index (χ2n) is 4.90. The Balaban J connectivity index is 2.00. The third-order valence-electron chi connectivity index (χ3n) is 3.32. The highest BCUT2D eigenvalue weighted by Crippen LogP contribution is 2.26. The summed E-state index contributed by atoms with van der Waals surface area (Å²) >= 11 is 3.52. The van der Waals surface area contributed by atoms with E-state index in [2.05, 4.69) is 31.4 Å². The second-order valence-corrected chi connectivity index (χ2v) is 5.76. The Morgan fingerprint density at radius 2 is 2.09 bits per heavy atom. The average molecular weight is 359 g/mol. The van der Waals surface area contributed by atoms with Crippen LogP contribution in [0.15, 0.2) is 47.1 Å². The summed E-state index contributed by atoms with van der Waals surface area (Å²) in [6, 6.07) is 11.4. The van der Waals surface area contributed by atoms with E-state index in [1.54, 1.807) is 12.1 Å². The smallest absolute Gasteiger partial charge is 0.251 e. The number of fused-ring (bicyclic) bond motifs is 1. The summed E-state index contributed by atoms with van der Waals surface area (Å²) in [5, 5.41) is 11.3. The molecule has 0 radical (unpaired) electrons. The van der Waals surface area contributed by atoms with E-state index in [-0.39, 0.29) is 5.91 Å². The Kier molecular flexibility index (Phi) is 4.20. The standard InChI is InChI=1S/C16H15BrN4O/c1-2-8-18-16(22)11-7-9-21-14(10-11)19-20-15(21)12-5-3-4-6-13(12)17/h3-7,9-10H,2,8H2,1H3,(H,18,22). The van der Waals surface area contributed by atoms with Crippen molar-refractivity contribution in [2.24, 2.45) is 0 Å². The van der Waals surface area contributed by atoms with Gasteiger partial charge in [-0.05, 0) is 24.6 Å². The Bertz CT molecular complexity index is 828. The fraction of sp³-hybridized carbons (Fsp3) is 0.188. The van der Waals surface area contributed by atoms with Gasteiger partial charge in [0.1, 0.15) is 0 Å². The maximum atomic E-state index is 12.0. The Morgan fingerprint density at radius 3 is 2.86 bits per heavy atom. The minimum absolute atomic E-state index is 0.0882. The van der Waals surface area contributed by atoms with Crippen LogP contribution in [0.3, 0.4) is 0 Å². The molecule has 0 fully saturated rings. The molecule has 6 heteroatoms. The van der Waals surface area contributed by atoms with Crippen LogP contribution in [0.2, 0.25) is 0 Å². The maximum absolute atomic E-state index is 12.0. The highest BCUT2D eigenvalue weighted by Gasteiger charge is 2.13. The van der Waals surface area contributed by atoms with E-state index < -0.39 is 0 Å². The molecule has 3 rings (SSSR count). The first kappa shape index (κ1) is 14.7. The number of amides is 1. The van der Waals surface area contributed by atoms with E-state index in [0.29, 0.717) is 17.8 Å². The van der Waals surface area contributed by atoms with Gasteiger partial charge < -0.3 is 5.32 Å². The van der Waals surface area contributed by atoms with Gasteiger partial charge in [-0.2, -0.15) is 0 Å². The molecule has 0 spiro atoms. The first-order chi connectivity index (χ1) is 10.7. The number of aromatic nitrogens is 3. The molecule has 0 aliphatic heterocycles. The highest BCUT2D eigenvalue weighted by molar-refractivity contribution is 9.10. The van der Waals surface area contributed by atoms with Gasteiger partial charge in [0.05, 0.1) is 0 Å². The molecule has 22 heavy (non-hydrogen) atoms. The molecule has 2 heterocycles. The van der Waals surface area contributed by atoms with Gasteiger partial charge in [-0.25, -0.2) is 0 Å². The number of carbonyl (C=O) groups excluding carboxylic acids is 1. The molecule has 2 aromatic heterocycles. The van der Waals surface area contributed by atoms with Crippen LogP contribution in [0.4, 0.5) is 0 Å². The molecule has 1 amide bonds. The highest BCUT2D eigenvalue weighted by atomic mass is 79.9. The lowest BCUT2D eigenvalue weighted by Crippen LogP contribution is -2.24. The van der Waals surface area contributed by atoms with Crippen molar-refractivity contribution in [3.8, 4) is 11.4 Å². The Labute approximate surface area is 136 Å². The number of nitrogens with zero attached hydrogens (tertiary/aromatic N) is 3. The molecule has 112 valence electrons. The average Bonchev–Trinajstić information content (AvgIpc) is 2.96. The number of nitrogens with one attached hydrogen (secondary N) is 1. The summed E-state index contributed by atoms with van der Waals surface area (Å²) in [4.78, 5) is 12.0. The van der Waals surface area contributed by atoms with E-state index in [9.17, 15) is 4.79 Å². The first-order valence-electron chi connectivity index (χ1n) is 7.08. The van der Waals surface area contributed by atoms with Crippen molar-refractivity contribution in [2.45, 2.75) is 13.3 Å². The second kappa shape index (κ2) is 6.27. The number of carbonyl (C=O) groups is 1. The summed E-state index contributed by atoms with van der Waals surface area (Å²) < 4.78 is 2.82. The van der Waals surface area contributed by atoms with Gasteiger partial charge in [-0.1, -0.05) is 41.1 Å². The van der Waals surface area contributed by atoms with Gasteiger partial charge in [0.25, 0.3) is 5.91 Å². The van der Waals surface area contributed by atoms with Gasteiger partial charge in [0.15, 0.2) is 11.5 Å². The van der Waals surface area contributed by atoms with E-state index >= 15 is 0 Å². The van der Waals surface area contributed by atoms with Crippen molar-refractivity contribution in [2.75, 3.05) is 6.54 Å². The van der Waals surface area contributed by atoms with Crippen LogP contribution in [0.5, 0.6) is 0 Å². The van der Waals surface area contributed by atoms with Gasteiger partial charge in [-0.3, -0.25) is 9.20 Å². The first-order valence-corrected chi connectivity index (χ1v) is 7.88. The quantitative estimate of drug-likeness (QED) is 0.778. The molecule has 0 aliphatic rings. The van der Waals surface area contributed by atoms with Crippen LogP contribution in [0, 0.1) is 0 Å². The summed E-state index contributed by atoms with van der Waals surface area (Å²) in [5.41, 5.74) is 2.19. The van der Waals surface area contributed by atoms with Crippen molar-refractivity contribution in [1.29, 1.82) is 0 Å². The lowest BCUT2D eigenvalue weighted by Gasteiger charge is -2.05. The molecule has 1 N–H and O–H groups in total. The molecule has 0 saturated carbocycles. The molecular formula is C16H15BrN4O. The molecule has 0 unspecified atom stereocenters. The minimum Gasteiger partial charge on any atom is -0.352 e. The normalized spacial score (nSPS) is 10.8. The molecule has 1 aromatic carbocycles. The SMILES string of the molecule is CCCNC(=O)c1ccn2c(-c3ccccc3Br)nnc2c1. The van der Waals surface area contributed by atoms with Gasteiger partial charge in [0.2, 0.25) is 0 Å². The molecule has 5 nitrogen and oxygen atoms in total. The van der Waals surface area contributed by atoms with E-state index in [1.165, 1.54) is 0 Å². The van der Waals surface area contributed by atoms with Gasteiger partial charge >= 0.3 is 0 Å². The van der Waals surface area contributed by atoms with Crippen LogP contribution in [-0.2, 0) is 0 Å². The number of hydrogen-bond donors (Lipinski definition) is 1. The number of halogens is 1. The molecule has 0 atom stereocenters. The van der Waals surface area contributed by atoms with Crippen LogP contribution < -0.4 is 5.32 Å². The monoisotopic (exact) mass is 358 g/mol. The zero-order chi connectivity index (χ0) is 15.5. The van der Waals surface area contributed by atoms with Gasteiger partial charge in [-0.15, -0.1) is 10.2 Å². The zero-order valence-corrected chi connectivity index (χ0v) is 13.7. The fourth-order valence-corrected chi connectivity index (χ4v) is 2.66. The minimum atomic E-state index is -0.0882. The fourth-order valence-electron chi connectivity index (χ4n) is 2.20. The largest absolute Gasteiger partial charge is 0.352 e. The predicted octanol–water partition coefficient (Wildman–Crippen LogP) is 3.30. The molecule has 0 bridgehead atoms. The molecular weight excluding hydrogens is 344 g/mol. The van der Waals surface area contributed by atoms with Crippen LogP contribution >= 0.6 is 15.9 Å². The van der Waals surface area contributed by atoms with Crippen LogP contribution in [0.25, 0.3) is 17.0 Å². The number of benzene rings is 1. The van der Waals surface area contributed by atoms with E-state index in [0.717, 1.165) is 22.3 Å². The van der Waals surface area contributed by atoms with Crippen molar-refractivity contribution in [3.05, 3.63) is 52.6 Å². The number of hydrogen-bond acceptors (Lipinski definition) is 3. The van der Waals surface area contributed by atoms with Gasteiger partial charge in [0, 0.05) is 28.3 Å². The Morgan fingerprint density at radius 1 is 1.27 bits per heavy atom. The predicted molar refractivity (Wildman–Crippen MR) is 88.7 cm³/mol. The molecule has 0 saturated heterocycles. The Hall–Kier alpha value is -2.21. The summed E-state index contributed by atoms with van der Waals surface area (Å²) in [5.74, 6) is 0.651. The molecule has 3 aromatic rings. The van der Waals surface area contributed by atoms with Crippen molar-refractivity contribution < 1.29 is 4.79 Å². The van der Waals surface area contributed by atoms with Crippen molar-refractivity contribution >= 4 is 27.5 Å². The summed E-state index contributed by atoms with van der Waals surface area (Å²) in [6.07, 6.45) is 2.73. The molecule has 0 aliphatic carbocycles. The summed E-state index contributed by atoms with van der Waals surface area (Å²) in [7, 11) is 0. The van der Waals surface area contributed by atoms with Crippen LogP contribution in [0.1, 0.15) is 23.7 Å². The van der Waals surface area contributed by atoms with E-state index in [1.807, 2.05) is 41.8 Å². The maximum Gasteiger partial charge on any atom is 0.251 e. The number of rotatable bonds is 4. The third-order valence-corrected chi connectivity index (χ3v) is 4.01. The topological polar surface area (TPSA) is 59.3 Å². The third kappa shape index (κ3) is 2.74. The lowest BCUT2D eigenvalue weighted by molar-refractivity contribution is 0.0953. The zero-order valence-electron chi connectivity index (χ0n) is 12.1. The number of pyridine rings is 1. The lowest BCUT2D eigenvalue weighted by atomic mass is 10.2.